The van der Waals surface area contributed by atoms with Gasteiger partial charge in [-0.3, -0.25) is 4.79 Å². The van der Waals surface area contributed by atoms with E-state index >= 15 is 0 Å². The smallest absolute Gasteiger partial charge is 0.308 e. The van der Waals surface area contributed by atoms with Crippen LogP contribution in [0, 0.1) is 23.5 Å². The van der Waals surface area contributed by atoms with Crippen LogP contribution in [-0.4, -0.2) is 13.1 Å². The predicted octanol–water partition coefficient (Wildman–Crippen LogP) is 3.66. The van der Waals surface area contributed by atoms with E-state index in [-0.39, 0.29) is 23.7 Å². The molecule has 2 nitrogen and oxygen atoms in total. The summed E-state index contributed by atoms with van der Waals surface area (Å²) >= 11 is 0. The maximum absolute atomic E-state index is 13.8. The van der Waals surface area contributed by atoms with Gasteiger partial charge in [0.15, 0.2) is 11.6 Å². The molecule has 19 heavy (non-hydrogen) atoms. The second-order valence-electron chi connectivity index (χ2n) is 5.11. The Kier molecular flexibility index (Phi) is 4.17. The van der Waals surface area contributed by atoms with Gasteiger partial charge in [-0.05, 0) is 42.7 Å². The van der Waals surface area contributed by atoms with Gasteiger partial charge in [0.2, 0.25) is 0 Å². The van der Waals surface area contributed by atoms with E-state index in [0.717, 1.165) is 18.9 Å². The Hall–Kier alpha value is -1.45. The van der Waals surface area contributed by atoms with Gasteiger partial charge in [0.05, 0.1) is 13.0 Å². The zero-order chi connectivity index (χ0) is 14.0. The molecular formula is C15H18F2O2. The second kappa shape index (κ2) is 5.68. The van der Waals surface area contributed by atoms with Crippen LogP contribution in [0.4, 0.5) is 8.78 Å². The Morgan fingerprint density at radius 1 is 1.47 bits per heavy atom. The molecule has 4 heteroatoms. The van der Waals surface area contributed by atoms with Crippen LogP contribution in [0.1, 0.15) is 37.7 Å². The van der Waals surface area contributed by atoms with Crippen molar-refractivity contribution in [3.05, 3.63) is 35.4 Å². The van der Waals surface area contributed by atoms with E-state index in [9.17, 15) is 13.6 Å². The van der Waals surface area contributed by atoms with Crippen LogP contribution in [0.25, 0.3) is 0 Å². The maximum Gasteiger partial charge on any atom is 0.308 e. The number of methoxy groups -OCH3 is 1. The van der Waals surface area contributed by atoms with Crippen LogP contribution < -0.4 is 0 Å². The highest BCUT2D eigenvalue weighted by Crippen LogP contribution is 2.46. The predicted molar refractivity (Wildman–Crippen MR) is 67.6 cm³/mol. The molecule has 0 amide bonds. The molecule has 0 saturated heterocycles. The summed E-state index contributed by atoms with van der Waals surface area (Å²) in [7, 11) is 1.38. The van der Waals surface area contributed by atoms with Gasteiger partial charge in [-0.15, -0.1) is 0 Å². The molecule has 0 heterocycles. The molecule has 3 atom stereocenters. The number of halogens is 2. The fourth-order valence-corrected chi connectivity index (χ4v) is 2.66. The van der Waals surface area contributed by atoms with Crippen LogP contribution in [0.15, 0.2) is 18.2 Å². The Morgan fingerprint density at radius 2 is 2.21 bits per heavy atom. The summed E-state index contributed by atoms with van der Waals surface area (Å²) in [6.07, 6.45) is 2.22. The largest absolute Gasteiger partial charge is 0.469 e. The molecule has 0 spiro atoms. The van der Waals surface area contributed by atoms with Gasteiger partial charge in [0, 0.05) is 0 Å². The van der Waals surface area contributed by atoms with E-state index in [1.54, 1.807) is 6.07 Å². The summed E-state index contributed by atoms with van der Waals surface area (Å²) in [6.45, 7) is 1.95. The van der Waals surface area contributed by atoms with Crippen LogP contribution in [0.5, 0.6) is 0 Å². The Balaban J connectivity index is 2.06. The van der Waals surface area contributed by atoms with Gasteiger partial charge in [0.25, 0.3) is 0 Å². The number of hydrogen-bond donors (Lipinski definition) is 0. The number of benzene rings is 1. The van der Waals surface area contributed by atoms with Crippen molar-refractivity contribution in [3.8, 4) is 0 Å². The molecule has 1 saturated carbocycles. The first-order chi connectivity index (χ1) is 9.08. The van der Waals surface area contributed by atoms with E-state index in [2.05, 4.69) is 0 Å². The number of rotatable bonds is 5. The average Bonchev–Trinajstić information content (AvgIpc) is 3.18. The van der Waals surface area contributed by atoms with Crippen molar-refractivity contribution in [1.29, 1.82) is 0 Å². The lowest BCUT2D eigenvalue weighted by molar-refractivity contribution is -0.142. The lowest BCUT2D eigenvalue weighted by Crippen LogP contribution is -2.08. The summed E-state index contributed by atoms with van der Waals surface area (Å²) in [5.41, 5.74) is 0.415. The Morgan fingerprint density at radius 3 is 2.84 bits per heavy atom. The minimum absolute atomic E-state index is 0.0460. The van der Waals surface area contributed by atoms with Gasteiger partial charge in [-0.1, -0.05) is 19.1 Å². The summed E-state index contributed by atoms with van der Waals surface area (Å²) in [5, 5.41) is 0. The fraction of sp³-hybridized carbons (Fsp3) is 0.533. The molecule has 1 fully saturated rings. The zero-order valence-electron chi connectivity index (χ0n) is 11.2. The van der Waals surface area contributed by atoms with E-state index in [4.69, 9.17) is 4.74 Å². The number of ether oxygens (including phenoxy) is 1. The minimum atomic E-state index is -0.809. The lowest BCUT2D eigenvalue weighted by Gasteiger charge is -2.16. The first kappa shape index (κ1) is 14.0. The van der Waals surface area contributed by atoms with Gasteiger partial charge in [0.1, 0.15) is 0 Å². The van der Waals surface area contributed by atoms with Crippen molar-refractivity contribution in [2.75, 3.05) is 7.11 Å². The molecular weight excluding hydrogens is 250 g/mol. The molecule has 0 bridgehead atoms. The third-order valence-electron chi connectivity index (χ3n) is 3.93. The average molecular weight is 268 g/mol. The molecule has 104 valence electrons. The first-order valence-corrected chi connectivity index (χ1v) is 6.60. The van der Waals surface area contributed by atoms with E-state index in [1.165, 1.54) is 13.2 Å². The topological polar surface area (TPSA) is 26.3 Å². The van der Waals surface area contributed by atoms with Crippen molar-refractivity contribution in [3.63, 3.8) is 0 Å². The van der Waals surface area contributed by atoms with Crippen LogP contribution in [-0.2, 0) is 9.53 Å². The Labute approximate surface area is 111 Å². The molecule has 1 aromatic rings. The van der Waals surface area contributed by atoms with Crippen LogP contribution in [0.2, 0.25) is 0 Å². The SMILES string of the molecule is CCC(CC1CC1C(=O)OC)c1cccc(F)c1F. The fourth-order valence-electron chi connectivity index (χ4n) is 2.66. The van der Waals surface area contributed by atoms with Crippen molar-refractivity contribution in [2.45, 2.75) is 32.1 Å². The third-order valence-corrected chi connectivity index (χ3v) is 3.93. The number of carbonyl (C=O) groups excluding carboxylic acids is 1. The third kappa shape index (κ3) is 2.94. The van der Waals surface area contributed by atoms with E-state index in [0.29, 0.717) is 12.0 Å². The van der Waals surface area contributed by atoms with Gasteiger partial charge in [-0.25, -0.2) is 8.78 Å². The van der Waals surface area contributed by atoms with Gasteiger partial charge >= 0.3 is 5.97 Å². The molecule has 0 aliphatic heterocycles. The highest BCUT2D eigenvalue weighted by molar-refractivity contribution is 5.75. The highest BCUT2D eigenvalue weighted by atomic mass is 19.2. The van der Waals surface area contributed by atoms with Gasteiger partial charge in [-0.2, -0.15) is 0 Å². The van der Waals surface area contributed by atoms with Crippen LogP contribution in [0.3, 0.4) is 0 Å². The molecule has 1 aliphatic carbocycles. The van der Waals surface area contributed by atoms with E-state index in [1.807, 2.05) is 6.92 Å². The van der Waals surface area contributed by atoms with Crippen molar-refractivity contribution < 1.29 is 18.3 Å². The standard InChI is InChI=1S/C15H18F2O2/c1-3-9(7-10-8-12(10)15(18)19-2)11-5-4-6-13(16)14(11)17/h4-6,9-10,12H,3,7-8H2,1-2H3. The minimum Gasteiger partial charge on any atom is -0.469 e. The second-order valence-corrected chi connectivity index (χ2v) is 5.11. The zero-order valence-corrected chi connectivity index (χ0v) is 11.2. The molecule has 0 N–H and O–H groups in total. The quantitative estimate of drug-likeness (QED) is 0.762. The molecule has 1 aliphatic rings. The molecule has 2 rings (SSSR count). The maximum atomic E-state index is 13.8. The van der Waals surface area contributed by atoms with Gasteiger partial charge < -0.3 is 4.74 Å². The monoisotopic (exact) mass is 268 g/mol. The summed E-state index contributed by atoms with van der Waals surface area (Å²) in [5.74, 6) is -1.63. The number of carbonyl (C=O) groups is 1. The molecule has 3 unspecified atom stereocenters. The van der Waals surface area contributed by atoms with Crippen molar-refractivity contribution in [2.24, 2.45) is 11.8 Å². The highest BCUT2D eigenvalue weighted by Gasteiger charge is 2.44. The van der Waals surface area contributed by atoms with E-state index < -0.39 is 11.6 Å². The summed E-state index contributed by atoms with van der Waals surface area (Å²) in [4.78, 5) is 11.4. The molecule has 1 aromatic carbocycles. The first-order valence-electron chi connectivity index (χ1n) is 6.60. The molecule has 0 radical (unpaired) electrons. The van der Waals surface area contributed by atoms with Crippen LogP contribution >= 0.6 is 0 Å². The summed E-state index contributed by atoms with van der Waals surface area (Å²) < 4.78 is 31.7. The van der Waals surface area contributed by atoms with Crippen molar-refractivity contribution >= 4 is 5.97 Å². The Bertz CT molecular complexity index is 473. The van der Waals surface area contributed by atoms with Crippen molar-refractivity contribution in [1.82, 2.24) is 0 Å². The number of esters is 1. The molecule has 0 aromatic heterocycles. The summed E-state index contributed by atoms with van der Waals surface area (Å²) in [6, 6.07) is 4.28. The normalized spacial score (nSPS) is 22.9. The lowest BCUT2D eigenvalue weighted by atomic mass is 9.90. The number of hydrogen-bond acceptors (Lipinski definition) is 2.